The van der Waals surface area contributed by atoms with Gasteiger partial charge in [-0.05, 0) is 67.5 Å². The molecule has 2 heterocycles. The van der Waals surface area contributed by atoms with Gasteiger partial charge in [0.15, 0.2) is 15.9 Å². The molecule has 2 aliphatic heterocycles. The first-order chi connectivity index (χ1) is 16.4. The van der Waals surface area contributed by atoms with E-state index in [9.17, 15) is 26.4 Å². The number of sulfone groups is 1. The van der Waals surface area contributed by atoms with E-state index in [1.807, 2.05) is 13.0 Å². The lowest BCUT2D eigenvalue weighted by molar-refractivity contribution is -0.189. The van der Waals surface area contributed by atoms with Crippen molar-refractivity contribution >= 4 is 15.7 Å². The van der Waals surface area contributed by atoms with Gasteiger partial charge in [-0.3, -0.25) is 4.79 Å². The minimum Gasteiger partial charge on any atom is -0.480 e. The number of carbonyl (C=O) groups excluding carboxylic acids is 1. The van der Waals surface area contributed by atoms with Gasteiger partial charge in [-0.15, -0.1) is 0 Å². The number of hydrogen-bond acceptors (Lipinski definition) is 5. The van der Waals surface area contributed by atoms with Crippen LogP contribution in [0.15, 0.2) is 41.3 Å². The summed E-state index contributed by atoms with van der Waals surface area (Å²) in [6.07, 6.45) is -4.00. The number of ether oxygens (including phenoxy) is 2. The maximum absolute atomic E-state index is 13.6. The van der Waals surface area contributed by atoms with Gasteiger partial charge in [-0.1, -0.05) is 18.2 Å². The van der Waals surface area contributed by atoms with Gasteiger partial charge in [0.05, 0.1) is 16.5 Å². The molecular weight excluding hydrogens is 483 g/mol. The van der Waals surface area contributed by atoms with Crippen molar-refractivity contribution in [1.82, 2.24) is 4.90 Å². The van der Waals surface area contributed by atoms with Gasteiger partial charge in [-0.25, -0.2) is 8.42 Å². The minimum atomic E-state index is -4.65. The molecular formula is C25H28F3NO5S. The van der Waals surface area contributed by atoms with Crippen LogP contribution in [0.5, 0.6) is 5.75 Å². The topological polar surface area (TPSA) is 72.9 Å². The quantitative estimate of drug-likeness (QED) is 0.563. The average Bonchev–Trinajstić information content (AvgIpc) is 3.14. The molecule has 0 aliphatic carbocycles. The van der Waals surface area contributed by atoms with Crippen LogP contribution < -0.4 is 4.74 Å². The first-order valence-corrected chi connectivity index (χ1v) is 13.3. The molecule has 2 atom stereocenters. The zero-order valence-electron chi connectivity index (χ0n) is 19.8. The van der Waals surface area contributed by atoms with Crippen LogP contribution in [0, 0.1) is 0 Å². The summed E-state index contributed by atoms with van der Waals surface area (Å²) in [5.74, 6) is -0.518. The fourth-order valence-corrected chi connectivity index (χ4v) is 5.24. The standard InChI is InChI=1S/C25H28F3NO5S/c1-15-21-12-18(17-8-10-33-11-9-17)4-5-19(21)14-29(15)24(30)22-13-20(35(3,31)32)6-7-23(22)34-16(2)25(26,27)28/h4-7,12-13,15-17H,8-11,14H2,1-3H3/t15?,16-/m0/s1. The molecule has 0 radical (unpaired) electrons. The second-order valence-corrected chi connectivity index (χ2v) is 11.2. The predicted octanol–water partition coefficient (Wildman–Crippen LogP) is 5.03. The van der Waals surface area contributed by atoms with E-state index in [1.165, 1.54) is 10.5 Å². The van der Waals surface area contributed by atoms with Crippen LogP contribution in [0.25, 0.3) is 0 Å². The Morgan fingerprint density at radius 1 is 1.14 bits per heavy atom. The van der Waals surface area contributed by atoms with E-state index in [1.54, 1.807) is 0 Å². The fraction of sp³-hybridized carbons (Fsp3) is 0.480. The SMILES string of the molecule is CC1c2cc(C3CCOCC3)ccc2CN1C(=O)c1cc(S(C)(=O)=O)ccc1O[C@@H](C)C(F)(F)F. The van der Waals surface area contributed by atoms with Gasteiger partial charge in [0.1, 0.15) is 5.75 Å². The van der Waals surface area contributed by atoms with Crippen molar-refractivity contribution in [2.45, 2.75) is 62.4 Å². The second kappa shape index (κ2) is 9.46. The Morgan fingerprint density at radius 3 is 2.46 bits per heavy atom. The monoisotopic (exact) mass is 511 g/mol. The largest absolute Gasteiger partial charge is 0.480 e. The zero-order valence-corrected chi connectivity index (χ0v) is 20.6. The first-order valence-electron chi connectivity index (χ1n) is 11.4. The van der Waals surface area contributed by atoms with Crippen LogP contribution in [0.2, 0.25) is 0 Å². The molecule has 0 aromatic heterocycles. The normalized spacial score (nSPS) is 19.9. The van der Waals surface area contributed by atoms with Crippen molar-refractivity contribution in [1.29, 1.82) is 0 Å². The van der Waals surface area contributed by atoms with E-state index in [-0.39, 0.29) is 28.8 Å². The van der Waals surface area contributed by atoms with E-state index in [0.717, 1.165) is 55.3 Å². The third-order valence-corrected chi connectivity index (χ3v) is 7.87. The first kappa shape index (κ1) is 25.5. The molecule has 2 aromatic rings. The molecule has 1 fully saturated rings. The fourth-order valence-electron chi connectivity index (χ4n) is 4.59. The Bertz CT molecular complexity index is 1220. The summed E-state index contributed by atoms with van der Waals surface area (Å²) in [7, 11) is -3.70. The molecule has 0 spiro atoms. The molecule has 2 aromatic carbocycles. The Morgan fingerprint density at radius 2 is 1.83 bits per heavy atom. The molecule has 6 nitrogen and oxygen atoms in total. The molecule has 2 aliphatic rings. The van der Waals surface area contributed by atoms with Crippen molar-refractivity contribution in [2.24, 2.45) is 0 Å². The van der Waals surface area contributed by atoms with Gasteiger partial charge < -0.3 is 14.4 Å². The number of fused-ring (bicyclic) bond motifs is 1. The van der Waals surface area contributed by atoms with E-state index in [0.29, 0.717) is 19.1 Å². The Kier molecular flexibility index (Phi) is 6.89. The molecule has 10 heteroatoms. The van der Waals surface area contributed by atoms with Crippen LogP contribution in [-0.4, -0.2) is 51.0 Å². The summed E-state index contributed by atoms with van der Waals surface area (Å²) >= 11 is 0. The van der Waals surface area contributed by atoms with Crippen LogP contribution in [-0.2, 0) is 21.1 Å². The van der Waals surface area contributed by atoms with Crippen molar-refractivity contribution in [3.63, 3.8) is 0 Å². The molecule has 4 rings (SSSR count). The smallest absolute Gasteiger partial charge is 0.425 e. The molecule has 1 unspecified atom stereocenters. The third kappa shape index (κ3) is 5.33. The highest BCUT2D eigenvalue weighted by Gasteiger charge is 2.39. The van der Waals surface area contributed by atoms with Crippen LogP contribution in [0.3, 0.4) is 0 Å². The number of amides is 1. The van der Waals surface area contributed by atoms with Crippen molar-refractivity contribution < 1.29 is 35.9 Å². The Labute approximate surface area is 202 Å². The molecule has 190 valence electrons. The summed E-state index contributed by atoms with van der Waals surface area (Å²) in [4.78, 5) is 15.0. The summed E-state index contributed by atoms with van der Waals surface area (Å²) in [5, 5.41) is 0. The number of alkyl halides is 3. The lowest BCUT2D eigenvalue weighted by Gasteiger charge is -2.25. The van der Waals surface area contributed by atoms with E-state index < -0.39 is 28.0 Å². The summed E-state index contributed by atoms with van der Waals surface area (Å²) in [6, 6.07) is 9.15. The van der Waals surface area contributed by atoms with Gasteiger partial charge in [-0.2, -0.15) is 13.2 Å². The van der Waals surface area contributed by atoms with Gasteiger partial charge in [0.2, 0.25) is 0 Å². The number of hydrogen-bond donors (Lipinski definition) is 0. The summed E-state index contributed by atoms with van der Waals surface area (Å²) < 4.78 is 74.2. The average molecular weight is 512 g/mol. The summed E-state index contributed by atoms with van der Waals surface area (Å²) in [6.45, 7) is 4.37. The minimum absolute atomic E-state index is 0.168. The molecule has 1 saturated heterocycles. The van der Waals surface area contributed by atoms with Crippen LogP contribution >= 0.6 is 0 Å². The zero-order chi connectivity index (χ0) is 25.5. The Balaban J connectivity index is 1.66. The number of nitrogens with zero attached hydrogens (tertiary/aromatic N) is 1. The highest BCUT2D eigenvalue weighted by atomic mass is 32.2. The van der Waals surface area contributed by atoms with Crippen molar-refractivity contribution in [2.75, 3.05) is 19.5 Å². The lowest BCUT2D eigenvalue weighted by atomic mass is 9.89. The molecule has 1 amide bonds. The number of rotatable bonds is 5. The van der Waals surface area contributed by atoms with Crippen LogP contribution in [0.1, 0.15) is 65.7 Å². The molecule has 0 saturated carbocycles. The van der Waals surface area contributed by atoms with Gasteiger partial charge in [0.25, 0.3) is 5.91 Å². The van der Waals surface area contributed by atoms with Crippen molar-refractivity contribution in [3.05, 3.63) is 58.7 Å². The lowest BCUT2D eigenvalue weighted by Crippen LogP contribution is -2.33. The Hall–Kier alpha value is -2.59. The molecule has 35 heavy (non-hydrogen) atoms. The van der Waals surface area contributed by atoms with Gasteiger partial charge in [0, 0.05) is 26.0 Å². The van der Waals surface area contributed by atoms with Crippen LogP contribution in [0.4, 0.5) is 13.2 Å². The molecule has 0 N–H and O–H groups in total. The third-order valence-electron chi connectivity index (χ3n) is 6.76. The van der Waals surface area contributed by atoms with E-state index in [4.69, 9.17) is 9.47 Å². The summed E-state index contributed by atoms with van der Waals surface area (Å²) in [5.41, 5.74) is 2.89. The highest BCUT2D eigenvalue weighted by Crippen LogP contribution is 2.39. The predicted molar refractivity (Wildman–Crippen MR) is 123 cm³/mol. The maximum Gasteiger partial charge on any atom is 0.425 e. The number of carbonyl (C=O) groups is 1. The van der Waals surface area contributed by atoms with E-state index in [2.05, 4.69) is 12.1 Å². The maximum atomic E-state index is 13.6. The highest BCUT2D eigenvalue weighted by molar-refractivity contribution is 7.90. The van der Waals surface area contributed by atoms with Gasteiger partial charge >= 0.3 is 6.18 Å². The van der Waals surface area contributed by atoms with E-state index >= 15 is 0 Å². The number of benzene rings is 2. The number of halogens is 3. The van der Waals surface area contributed by atoms with Crippen molar-refractivity contribution in [3.8, 4) is 5.75 Å². The molecule has 0 bridgehead atoms. The second-order valence-electron chi connectivity index (χ2n) is 9.19.